The molecule has 9 nitrogen and oxygen atoms in total. The summed E-state index contributed by atoms with van der Waals surface area (Å²) in [6.45, 7) is 0.560. The predicted molar refractivity (Wildman–Crippen MR) is 145 cm³/mol. The second kappa shape index (κ2) is 11.4. The Morgan fingerprint density at radius 3 is 2.21 bits per heavy atom. The standard InChI is InChI=1S/C30H30N4O5/c31-25-18-19(15-16-32-25)17-24-27(35)34(28(24)39-23-13-11-22(12-14-23)29(36)37)30(38)33-26(20-7-3-1-4-8-20)21-9-5-2-6-10-21/h1-15,18,24,26,28,30,32-33,38H,16-17,31H2,(H,36,37)/t24-,28+,30?/m0/s1. The molecule has 0 saturated carbocycles. The Morgan fingerprint density at radius 2 is 1.64 bits per heavy atom. The summed E-state index contributed by atoms with van der Waals surface area (Å²) in [5, 5.41) is 26.8. The van der Waals surface area contributed by atoms with Gasteiger partial charge in [-0.25, -0.2) is 4.79 Å². The number of benzene rings is 3. The Balaban J connectivity index is 1.40. The van der Waals surface area contributed by atoms with Crippen molar-refractivity contribution in [2.45, 2.75) is 25.0 Å². The number of allylic oxidation sites excluding steroid dienone is 2. The highest BCUT2D eigenvalue weighted by Gasteiger charge is 2.52. The first-order valence-corrected chi connectivity index (χ1v) is 12.7. The number of hydrogen-bond acceptors (Lipinski definition) is 7. The van der Waals surface area contributed by atoms with Crippen LogP contribution < -0.4 is 21.1 Å². The van der Waals surface area contributed by atoms with Gasteiger partial charge in [0.2, 0.25) is 5.91 Å². The molecule has 6 N–H and O–H groups in total. The molecule has 1 saturated heterocycles. The number of rotatable bonds is 10. The molecule has 2 heterocycles. The molecule has 1 fully saturated rings. The monoisotopic (exact) mass is 526 g/mol. The van der Waals surface area contributed by atoms with Crippen molar-refractivity contribution < 1.29 is 24.5 Å². The molecule has 0 aliphatic carbocycles. The zero-order valence-corrected chi connectivity index (χ0v) is 21.1. The minimum atomic E-state index is -1.36. The molecule has 39 heavy (non-hydrogen) atoms. The first-order valence-electron chi connectivity index (χ1n) is 12.7. The van der Waals surface area contributed by atoms with Crippen LogP contribution in [0.4, 0.5) is 0 Å². The molecule has 9 heteroatoms. The van der Waals surface area contributed by atoms with E-state index in [2.05, 4.69) is 10.6 Å². The van der Waals surface area contributed by atoms with Crippen LogP contribution in [0.3, 0.4) is 0 Å². The van der Waals surface area contributed by atoms with Crippen molar-refractivity contribution in [1.29, 1.82) is 0 Å². The lowest BCUT2D eigenvalue weighted by Gasteiger charge is -2.49. The number of hydrogen-bond donors (Lipinski definition) is 5. The van der Waals surface area contributed by atoms with Gasteiger partial charge in [-0.3, -0.25) is 15.0 Å². The van der Waals surface area contributed by atoms with E-state index in [0.717, 1.165) is 16.7 Å². The molecule has 2 aliphatic heterocycles. The van der Waals surface area contributed by atoms with Crippen LogP contribution in [0, 0.1) is 5.92 Å². The van der Waals surface area contributed by atoms with E-state index in [4.69, 9.17) is 10.5 Å². The number of likely N-dealkylation sites (tertiary alicyclic amines) is 1. The number of amides is 1. The summed E-state index contributed by atoms with van der Waals surface area (Å²) in [6.07, 6.45) is 1.97. The third-order valence-corrected chi connectivity index (χ3v) is 6.86. The highest BCUT2D eigenvalue weighted by molar-refractivity contribution is 5.88. The van der Waals surface area contributed by atoms with Crippen LogP contribution in [0.2, 0.25) is 0 Å². The third-order valence-electron chi connectivity index (χ3n) is 6.86. The van der Waals surface area contributed by atoms with Gasteiger partial charge in [-0.05, 0) is 53.5 Å². The van der Waals surface area contributed by atoms with Crippen LogP contribution in [0.5, 0.6) is 5.75 Å². The SMILES string of the molecule is NC1=CC(C[C@H]2C(=O)N(C(O)NC(c3ccccc3)c3ccccc3)[C@@H]2Oc2ccc(C(=O)O)cc2)=CCN1. The second-order valence-corrected chi connectivity index (χ2v) is 9.45. The number of nitrogens with one attached hydrogen (secondary N) is 2. The zero-order valence-electron chi connectivity index (χ0n) is 21.1. The van der Waals surface area contributed by atoms with Gasteiger partial charge in [0.1, 0.15) is 5.75 Å². The van der Waals surface area contributed by atoms with E-state index < -0.39 is 24.5 Å². The van der Waals surface area contributed by atoms with Gasteiger partial charge in [0.15, 0.2) is 12.6 Å². The molecule has 0 bridgehead atoms. The number of ether oxygens (including phenoxy) is 1. The number of dihydropyridines is 1. The maximum Gasteiger partial charge on any atom is 0.335 e. The Labute approximate surface area is 226 Å². The number of aromatic carboxylic acids is 1. The van der Waals surface area contributed by atoms with E-state index in [1.54, 1.807) is 18.2 Å². The smallest absolute Gasteiger partial charge is 0.335 e. The highest BCUT2D eigenvalue weighted by atomic mass is 16.5. The van der Waals surface area contributed by atoms with Crippen molar-refractivity contribution in [3.63, 3.8) is 0 Å². The molecular formula is C30H30N4O5. The first kappa shape index (κ1) is 26.0. The molecular weight excluding hydrogens is 496 g/mol. The van der Waals surface area contributed by atoms with Gasteiger partial charge in [0.25, 0.3) is 0 Å². The maximum atomic E-state index is 13.4. The number of nitrogens with two attached hydrogens (primary N) is 1. The van der Waals surface area contributed by atoms with E-state index in [9.17, 15) is 19.8 Å². The van der Waals surface area contributed by atoms with Crippen LogP contribution in [0.25, 0.3) is 0 Å². The molecule has 1 amide bonds. The van der Waals surface area contributed by atoms with E-state index in [1.165, 1.54) is 17.0 Å². The van der Waals surface area contributed by atoms with Gasteiger partial charge in [-0.2, -0.15) is 0 Å². The summed E-state index contributed by atoms with van der Waals surface area (Å²) in [7, 11) is 0. The Bertz CT molecular complexity index is 1340. The van der Waals surface area contributed by atoms with E-state index in [1.807, 2.05) is 66.7 Å². The number of nitrogens with zero attached hydrogens (tertiary/aromatic N) is 1. The molecule has 1 unspecified atom stereocenters. The average molecular weight is 527 g/mol. The highest BCUT2D eigenvalue weighted by Crippen LogP contribution is 2.36. The minimum absolute atomic E-state index is 0.121. The van der Waals surface area contributed by atoms with Gasteiger partial charge in [0.05, 0.1) is 23.3 Å². The summed E-state index contributed by atoms with van der Waals surface area (Å²) < 4.78 is 6.18. The molecule has 3 aromatic rings. The predicted octanol–water partition coefficient (Wildman–Crippen LogP) is 2.92. The fraction of sp³-hybridized carbons (Fsp3) is 0.200. The summed E-state index contributed by atoms with van der Waals surface area (Å²) in [6, 6.07) is 24.9. The molecule has 3 aromatic carbocycles. The quantitative estimate of drug-likeness (QED) is 0.201. The summed E-state index contributed by atoms with van der Waals surface area (Å²) in [4.78, 5) is 26.0. The molecule has 0 radical (unpaired) electrons. The largest absolute Gasteiger partial charge is 0.478 e. The first-order chi connectivity index (χ1) is 18.9. The fourth-order valence-corrected chi connectivity index (χ4v) is 4.86. The number of carboxylic acids is 1. The Kier molecular flexibility index (Phi) is 7.62. The summed E-state index contributed by atoms with van der Waals surface area (Å²) >= 11 is 0. The lowest BCUT2D eigenvalue weighted by molar-refractivity contribution is -0.207. The molecule has 5 rings (SSSR count). The van der Waals surface area contributed by atoms with Crippen molar-refractivity contribution in [1.82, 2.24) is 15.5 Å². The van der Waals surface area contributed by atoms with Crippen LogP contribution >= 0.6 is 0 Å². The van der Waals surface area contributed by atoms with Crippen LogP contribution in [0.1, 0.15) is 33.9 Å². The van der Waals surface area contributed by atoms with Gasteiger partial charge in [-0.1, -0.05) is 66.7 Å². The lowest BCUT2D eigenvalue weighted by atomic mass is 9.87. The third kappa shape index (κ3) is 5.79. The summed E-state index contributed by atoms with van der Waals surface area (Å²) in [5.41, 5.74) is 8.79. The summed E-state index contributed by atoms with van der Waals surface area (Å²) in [5.74, 6) is -0.978. The van der Waals surface area contributed by atoms with E-state index in [0.29, 0.717) is 24.5 Å². The maximum absolute atomic E-state index is 13.4. The van der Waals surface area contributed by atoms with Crippen molar-refractivity contribution in [2.24, 2.45) is 11.7 Å². The van der Waals surface area contributed by atoms with Crippen LogP contribution in [-0.2, 0) is 4.79 Å². The zero-order chi connectivity index (χ0) is 27.4. The van der Waals surface area contributed by atoms with Gasteiger partial charge in [-0.15, -0.1) is 0 Å². The molecule has 200 valence electrons. The normalized spacial score (nSPS) is 19.4. The number of carbonyl (C=O) groups is 2. The van der Waals surface area contributed by atoms with Crippen LogP contribution in [-0.4, -0.2) is 46.1 Å². The van der Waals surface area contributed by atoms with E-state index >= 15 is 0 Å². The Morgan fingerprint density at radius 1 is 1.03 bits per heavy atom. The van der Waals surface area contributed by atoms with Gasteiger partial charge >= 0.3 is 5.97 Å². The molecule has 3 atom stereocenters. The van der Waals surface area contributed by atoms with Crippen molar-refractivity contribution >= 4 is 11.9 Å². The Hall–Kier alpha value is -4.60. The minimum Gasteiger partial charge on any atom is -0.478 e. The lowest BCUT2D eigenvalue weighted by Crippen LogP contribution is -2.69. The number of aliphatic hydroxyl groups is 1. The number of carboxylic acid groups (broad SMARTS) is 1. The molecule has 0 spiro atoms. The van der Waals surface area contributed by atoms with Crippen molar-refractivity contribution in [3.8, 4) is 5.75 Å². The topological polar surface area (TPSA) is 137 Å². The average Bonchev–Trinajstić information content (AvgIpc) is 2.95. The van der Waals surface area contributed by atoms with Crippen molar-refractivity contribution in [3.05, 3.63) is 125 Å². The molecule has 0 aromatic heterocycles. The van der Waals surface area contributed by atoms with E-state index in [-0.39, 0.29) is 17.5 Å². The van der Waals surface area contributed by atoms with Crippen molar-refractivity contribution in [2.75, 3.05) is 6.54 Å². The van der Waals surface area contributed by atoms with Crippen LogP contribution in [0.15, 0.2) is 108 Å². The number of aliphatic hydroxyl groups excluding tert-OH is 1. The molecule has 2 aliphatic rings. The van der Waals surface area contributed by atoms with Gasteiger partial charge in [0, 0.05) is 6.54 Å². The number of β-lactam (4-membered cyclic amide) rings is 1. The second-order valence-electron chi connectivity index (χ2n) is 9.45. The number of carbonyl (C=O) groups excluding carboxylic acids is 1. The fourth-order valence-electron chi connectivity index (χ4n) is 4.86. The van der Waals surface area contributed by atoms with Gasteiger partial charge < -0.3 is 26.0 Å².